The zero-order valence-electron chi connectivity index (χ0n) is 27.0. The van der Waals surface area contributed by atoms with Crippen LogP contribution in [0.15, 0.2) is 0 Å². The number of ether oxygens (including phenoxy) is 1. The predicted molar refractivity (Wildman–Crippen MR) is 156 cm³/mol. The van der Waals surface area contributed by atoms with Crippen molar-refractivity contribution in [1.29, 1.82) is 0 Å². The van der Waals surface area contributed by atoms with Crippen LogP contribution in [-0.2, 0) is 24.4 Å². The van der Waals surface area contributed by atoms with Crippen LogP contribution in [0.4, 0.5) is 0 Å². The Kier molecular flexibility index (Phi) is 12.8. The highest BCUT2D eigenvalue weighted by Gasteiger charge is 2.51. The predicted octanol–water partition coefficient (Wildman–Crippen LogP) is 6.46. The second kappa shape index (κ2) is 13.2. The average molecular weight is 579 g/mol. The van der Waals surface area contributed by atoms with Crippen molar-refractivity contribution in [3.8, 4) is 0 Å². The normalized spacial score (nSPS) is 20.6. The maximum Gasteiger partial charge on any atom is 0.307 e. The minimum Gasteiger partial charge on any atom is -0.481 e. The van der Waals surface area contributed by atoms with Gasteiger partial charge in [0.25, 0.3) is 10.1 Å². The quantitative estimate of drug-likeness (QED) is 0.158. The number of carbonyl (C=O) groups excluding carboxylic acids is 1. The van der Waals surface area contributed by atoms with Crippen LogP contribution in [0.25, 0.3) is 0 Å². The summed E-state index contributed by atoms with van der Waals surface area (Å²) in [6.07, 6.45) is 0.347. The Bertz CT molecular complexity index is 928. The molecule has 0 radical (unpaired) electrons. The number of carboxylic acids is 1. The number of aliphatic carboxylic acids is 1. The van der Waals surface area contributed by atoms with Crippen LogP contribution in [0.1, 0.15) is 116 Å². The number of carbonyl (C=O) groups is 2. The van der Waals surface area contributed by atoms with Gasteiger partial charge in [-0.25, -0.2) is 0 Å². The molecular weight excluding hydrogens is 520 g/mol. The molecule has 0 aliphatic heterocycles. The van der Waals surface area contributed by atoms with Crippen molar-refractivity contribution in [2.45, 2.75) is 133 Å². The topological polar surface area (TPSA) is 138 Å². The largest absolute Gasteiger partial charge is 0.481 e. The number of aliphatic hydroxyl groups is 1. The van der Waals surface area contributed by atoms with E-state index in [1.807, 2.05) is 27.7 Å². The molecule has 9 heteroatoms. The molecule has 0 rings (SSSR count). The van der Waals surface area contributed by atoms with Crippen LogP contribution in [-0.4, -0.2) is 52.1 Å². The maximum absolute atomic E-state index is 12.8. The van der Waals surface area contributed by atoms with Crippen LogP contribution in [0, 0.1) is 45.8 Å². The van der Waals surface area contributed by atoms with Gasteiger partial charge in [-0.3, -0.25) is 14.1 Å². The lowest BCUT2D eigenvalue weighted by molar-refractivity contribution is -0.175. The molecule has 0 heterocycles. The number of hydrogen-bond acceptors (Lipinski definition) is 6. The number of aliphatic hydroxyl groups excluding tert-OH is 1. The van der Waals surface area contributed by atoms with Gasteiger partial charge in [0.1, 0.15) is 5.60 Å². The molecule has 8 nitrogen and oxygen atoms in total. The summed E-state index contributed by atoms with van der Waals surface area (Å²) in [6, 6.07) is 0. The van der Waals surface area contributed by atoms with Gasteiger partial charge in [-0.1, -0.05) is 83.1 Å². The van der Waals surface area contributed by atoms with Gasteiger partial charge in [-0.15, -0.1) is 0 Å². The van der Waals surface area contributed by atoms with E-state index >= 15 is 0 Å². The summed E-state index contributed by atoms with van der Waals surface area (Å²) in [5, 5.41) is 19.6. The summed E-state index contributed by atoms with van der Waals surface area (Å²) >= 11 is 0. The standard InChI is InChI=1S/C30H58O8S/c1-18(19(2)23(32)16-27(6,7)8)15-30(14,38-22(5)31)29(12,13)17-24(39(35,36)37)20(3)21(4)25(26(33)34)28(9,10)11/h18-21,23-25,32H,15-17H2,1-14H3,(H,33,34)(H,35,36,37). The monoisotopic (exact) mass is 578 g/mol. The molecule has 0 saturated heterocycles. The molecule has 8 unspecified atom stereocenters. The average Bonchev–Trinajstić information content (AvgIpc) is 2.66. The van der Waals surface area contributed by atoms with Crippen molar-refractivity contribution in [1.82, 2.24) is 0 Å². The number of esters is 1. The summed E-state index contributed by atoms with van der Waals surface area (Å²) < 4.78 is 41.8. The van der Waals surface area contributed by atoms with Crippen molar-refractivity contribution in [3.05, 3.63) is 0 Å². The van der Waals surface area contributed by atoms with E-state index < -0.39 is 67.6 Å². The third kappa shape index (κ3) is 11.0. The van der Waals surface area contributed by atoms with Crippen LogP contribution in [0.2, 0.25) is 0 Å². The molecule has 0 aromatic rings. The van der Waals surface area contributed by atoms with Crippen LogP contribution < -0.4 is 0 Å². The molecule has 39 heavy (non-hydrogen) atoms. The lowest BCUT2D eigenvalue weighted by Crippen LogP contribution is -2.51. The first-order valence-electron chi connectivity index (χ1n) is 14.1. The first-order chi connectivity index (χ1) is 17.1. The molecular formula is C30H58O8S. The molecule has 0 bridgehead atoms. The van der Waals surface area contributed by atoms with Crippen molar-refractivity contribution in [2.75, 3.05) is 0 Å². The van der Waals surface area contributed by atoms with Gasteiger partial charge in [-0.05, 0) is 60.7 Å². The van der Waals surface area contributed by atoms with Crippen LogP contribution in [0.3, 0.4) is 0 Å². The zero-order chi connectivity index (χ0) is 31.5. The highest BCUT2D eigenvalue weighted by atomic mass is 32.2. The fraction of sp³-hybridized carbons (Fsp3) is 0.933. The Labute approximate surface area is 238 Å². The minimum absolute atomic E-state index is 0.0523. The van der Waals surface area contributed by atoms with E-state index in [0.29, 0.717) is 12.8 Å². The fourth-order valence-electron chi connectivity index (χ4n) is 6.07. The first-order valence-corrected chi connectivity index (χ1v) is 15.6. The summed E-state index contributed by atoms with van der Waals surface area (Å²) in [5.41, 5.74) is -2.76. The van der Waals surface area contributed by atoms with E-state index in [4.69, 9.17) is 4.74 Å². The van der Waals surface area contributed by atoms with Crippen molar-refractivity contribution in [2.24, 2.45) is 45.8 Å². The highest BCUT2D eigenvalue weighted by Crippen LogP contribution is 2.48. The van der Waals surface area contributed by atoms with E-state index in [-0.39, 0.29) is 23.7 Å². The third-order valence-corrected chi connectivity index (χ3v) is 10.4. The Morgan fingerprint density at radius 3 is 1.59 bits per heavy atom. The summed E-state index contributed by atoms with van der Waals surface area (Å²) in [4.78, 5) is 24.4. The molecule has 0 aliphatic carbocycles. The van der Waals surface area contributed by atoms with Gasteiger partial charge >= 0.3 is 11.9 Å². The van der Waals surface area contributed by atoms with Gasteiger partial charge < -0.3 is 14.9 Å². The van der Waals surface area contributed by atoms with E-state index in [1.54, 1.807) is 41.5 Å². The number of carboxylic acid groups (broad SMARTS) is 1. The molecule has 0 aliphatic rings. The lowest BCUT2D eigenvalue weighted by atomic mass is 9.64. The summed E-state index contributed by atoms with van der Waals surface area (Å²) in [7, 11) is -4.59. The molecule has 0 spiro atoms. The zero-order valence-corrected chi connectivity index (χ0v) is 27.8. The lowest BCUT2D eigenvalue weighted by Gasteiger charge is -2.48. The summed E-state index contributed by atoms with van der Waals surface area (Å²) in [6.45, 7) is 25.6. The first kappa shape index (κ1) is 37.8. The van der Waals surface area contributed by atoms with Crippen molar-refractivity contribution >= 4 is 22.1 Å². The maximum atomic E-state index is 12.8. The molecule has 232 valence electrons. The molecule has 8 atom stereocenters. The van der Waals surface area contributed by atoms with Crippen LogP contribution >= 0.6 is 0 Å². The van der Waals surface area contributed by atoms with Crippen LogP contribution in [0.5, 0.6) is 0 Å². The third-order valence-electron chi connectivity index (χ3n) is 9.07. The summed E-state index contributed by atoms with van der Waals surface area (Å²) in [5.74, 6) is -3.84. The smallest absolute Gasteiger partial charge is 0.307 e. The van der Waals surface area contributed by atoms with Gasteiger partial charge in [-0.2, -0.15) is 8.42 Å². The number of hydrogen-bond donors (Lipinski definition) is 3. The molecule has 0 saturated carbocycles. The van der Waals surface area contributed by atoms with E-state index in [9.17, 15) is 32.8 Å². The molecule has 0 fully saturated rings. The van der Waals surface area contributed by atoms with Crippen molar-refractivity contribution in [3.63, 3.8) is 0 Å². The SMILES string of the molecule is CC(=O)OC(C)(CC(C)C(C)C(O)CC(C)(C)C)C(C)(C)CC(C(C)C(C)C(C(=O)O)C(C)(C)C)S(=O)(=O)O. The Morgan fingerprint density at radius 2 is 1.26 bits per heavy atom. The second-order valence-electron chi connectivity index (χ2n) is 15.2. The van der Waals surface area contributed by atoms with E-state index in [1.165, 1.54) is 6.92 Å². The number of rotatable bonds is 14. The fourth-order valence-corrected chi connectivity index (χ4v) is 7.49. The highest BCUT2D eigenvalue weighted by molar-refractivity contribution is 7.86. The minimum atomic E-state index is -4.59. The second-order valence-corrected chi connectivity index (χ2v) is 16.9. The van der Waals surface area contributed by atoms with Gasteiger partial charge in [0.05, 0.1) is 17.3 Å². The van der Waals surface area contributed by atoms with Gasteiger partial charge in [0, 0.05) is 12.3 Å². The Morgan fingerprint density at radius 1 is 0.795 bits per heavy atom. The Hall–Kier alpha value is -1.19. The molecule has 0 aromatic carbocycles. The molecule has 0 amide bonds. The molecule has 0 aromatic heterocycles. The van der Waals surface area contributed by atoms with E-state index in [0.717, 1.165) is 0 Å². The van der Waals surface area contributed by atoms with Gasteiger partial charge in [0.15, 0.2) is 0 Å². The van der Waals surface area contributed by atoms with Crippen molar-refractivity contribution < 1.29 is 37.5 Å². The Balaban J connectivity index is 6.43. The molecule has 3 N–H and O–H groups in total. The van der Waals surface area contributed by atoms with Gasteiger partial charge in [0.2, 0.25) is 0 Å². The van der Waals surface area contributed by atoms with E-state index in [2.05, 4.69) is 20.8 Å².